The quantitative estimate of drug-likeness (QED) is 0.502. The van der Waals surface area contributed by atoms with E-state index in [0.717, 1.165) is 34.0 Å². The molecule has 0 spiro atoms. The van der Waals surface area contributed by atoms with Crippen LogP contribution in [0.5, 0.6) is 0 Å². The van der Waals surface area contributed by atoms with Crippen molar-refractivity contribution in [2.75, 3.05) is 6.54 Å². The van der Waals surface area contributed by atoms with Gasteiger partial charge < -0.3 is 9.64 Å². The topological polar surface area (TPSA) is 29.5 Å². The van der Waals surface area contributed by atoms with Gasteiger partial charge in [0.15, 0.2) is 0 Å². The van der Waals surface area contributed by atoms with Crippen LogP contribution in [0.4, 0.5) is 4.79 Å². The fraction of sp³-hybridized carbons (Fsp3) is 0.348. The molecule has 0 unspecified atom stereocenters. The second-order valence-corrected chi connectivity index (χ2v) is 8.30. The zero-order valence-corrected chi connectivity index (χ0v) is 17.5. The molecule has 0 saturated carbocycles. The fourth-order valence-corrected chi connectivity index (χ4v) is 4.10. The number of amides is 1. The molecule has 0 aromatic heterocycles. The summed E-state index contributed by atoms with van der Waals surface area (Å²) in [7, 11) is 0. The molecule has 1 heterocycles. The fourth-order valence-electron chi connectivity index (χ4n) is 3.84. The van der Waals surface area contributed by atoms with Crippen LogP contribution < -0.4 is 0 Å². The van der Waals surface area contributed by atoms with E-state index in [1.54, 1.807) is 0 Å². The second-order valence-electron chi connectivity index (χ2n) is 7.39. The van der Waals surface area contributed by atoms with Gasteiger partial charge in [0.2, 0.25) is 0 Å². The Balaban J connectivity index is 1.89. The highest BCUT2D eigenvalue weighted by Gasteiger charge is 2.41. The van der Waals surface area contributed by atoms with Gasteiger partial charge in [-0.2, -0.15) is 0 Å². The van der Waals surface area contributed by atoms with E-state index < -0.39 is 5.60 Å². The number of cyclic esters (lactones) is 1. The van der Waals surface area contributed by atoms with E-state index in [2.05, 4.69) is 29.4 Å². The number of rotatable bonds is 5. The molecule has 2 aromatic rings. The van der Waals surface area contributed by atoms with Crippen molar-refractivity contribution in [1.29, 1.82) is 0 Å². The number of hydrogen-bond acceptors (Lipinski definition) is 2. The molecule has 1 amide bonds. The Bertz CT molecular complexity index is 803. The van der Waals surface area contributed by atoms with E-state index in [1.165, 1.54) is 0 Å². The van der Waals surface area contributed by atoms with Crippen molar-refractivity contribution in [3.8, 4) is 0 Å². The summed E-state index contributed by atoms with van der Waals surface area (Å²) in [5.74, 6) is 0. The highest BCUT2D eigenvalue weighted by molar-refractivity contribution is 9.10. The molecule has 1 saturated heterocycles. The maximum absolute atomic E-state index is 13.1. The Kier molecular flexibility index (Phi) is 6.05. The number of carbonyl (C=O) groups is 1. The number of halogens is 1. The average molecular weight is 428 g/mol. The predicted octanol–water partition coefficient (Wildman–Crippen LogP) is 6.60. The maximum atomic E-state index is 13.1. The van der Waals surface area contributed by atoms with Crippen molar-refractivity contribution >= 4 is 22.0 Å². The smallest absolute Gasteiger partial charge is 0.411 e. The van der Waals surface area contributed by atoms with Gasteiger partial charge in [-0.25, -0.2) is 4.79 Å². The van der Waals surface area contributed by atoms with Crippen LogP contribution in [0.1, 0.15) is 50.3 Å². The molecule has 3 rings (SSSR count). The van der Waals surface area contributed by atoms with E-state index in [4.69, 9.17) is 4.74 Å². The molecule has 1 aliphatic heterocycles. The van der Waals surface area contributed by atoms with Gasteiger partial charge in [-0.1, -0.05) is 70.5 Å². The number of hydrogen-bond donors (Lipinski definition) is 0. The standard InChI is InChI=1S/C23H26BrNO2/c1-17(2)16-23(20-8-5-4-6-9-20)14-7-15-25(22(26)27-23)18(3)19-10-12-21(24)13-11-19/h4-6,8-13,18H,1,7,14-16H2,2-3H3/t18-,23+/m0/s1. The van der Waals surface area contributed by atoms with Crippen molar-refractivity contribution in [3.63, 3.8) is 0 Å². The SMILES string of the molecule is C=C(C)C[C@@]1(c2ccccc2)CCCN([C@@H](C)c2ccc(Br)cc2)C(=O)O1. The van der Waals surface area contributed by atoms with Crippen LogP contribution in [0.2, 0.25) is 0 Å². The van der Waals surface area contributed by atoms with E-state index in [9.17, 15) is 4.79 Å². The van der Waals surface area contributed by atoms with Crippen LogP contribution in [0, 0.1) is 0 Å². The van der Waals surface area contributed by atoms with E-state index in [1.807, 2.05) is 66.4 Å². The van der Waals surface area contributed by atoms with Crippen LogP contribution in [0.3, 0.4) is 0 Å². The summed E-state index contributed by atoms with van der Waals surface area (Å²) in [6.45, 7) is 8.80. The molecule has 142 valence electrons. The van der Waals surface area contributed by atoms with Crippen LogP contribution >= 0.6 is 15.9 Å². The molecular formula is C23H26BrNO2. The van der Waals surface area contributed by atoms with Crippen molar-refractivity contribution in [3.05, 3.63) is 82.3 Å². The predicted molar refractivity (Wildman–Crippen MR) is 113 cm³/mol. The van der Waals surface area contributed by atoms with Gasteiger partial charge in [0.25, 0.3) is 0 Å². The van der Waals surface area contributed by atoms with Gasteiger partial charge in [0.05, 0.1) is 6.04 Å². The van der Waals surface area contributed by atoms with Gasteiger partial charge in [-0.05, 0) is 49.9 Å². The van der Waals surface area contributed by atoms with Gasteiger partial charge in [-0.15, -0.1) is 0 Å². The third-order valence-electron chi connectivity index (χ3n) is 5.20. The summed E-state index contributed by atoms with van der Waals surface area (Å²) in [5.41, 5.74) is 2.51. The summed E-state index contributed by atoms with van der Waals surface area (Å²) in [6, 6.07) is 18.1. The number of carbonyl (C=O) groups excluding carboxylic acids is 1. The highest BCUT2D eigenvalue weighted by Crippen LogP contribution is 2.40. The molecule has 3 nitrogen and oxygen atoms in total. The average Bonchev–Trinajstić information content (AvgIpc) is 2.81. The molecule has 4 heteroatoms. The molecule has 0 radical (unpaired) electrons. The Labute approximate surface area is 170 Å². The lowest BCUT2D eigenvalue weighted by molar-refractivity contribution is -0.00803. The second kappa shape index (κ2) is 8.30. The first-order valence-electron chi connectivity index (χ1n) is 9.36. The highest BCUT2D eigenvalue weighted by atomic mass is 79.9. The summed E-state index contributed by atoms with van der Waals surface area (Å²) >= 11 is 3.47. The van der Waals surface area contributed by atoms with E-state index in [-0.39, 0.29) is 12.1 Å². The lowest BCUT2D eigenvalue weighted by Gasteiger charge is -2.34. The van der Waals surface area contributed by atoms with Gasteiger partial charge in [0, 0.05) is 17.4 Å². The van der Waals surface area contributed by atoms with Crippen LogP contribution in [-0.4, -0.2) is 17.5 Å². The lowest BCUT2D eigenvalue weighted by Crippen LogP contribution is -2.37. The summed E-state index contributed by atoms with van der Waals surface area (Å²) < 4.78 is 7.22. The summed E-state index contributed by atoms with van der Waals surface area (Å²) in [5, 5.41) is 0. The van der Waals surface area contributed by atoms with Crippen LogP contribution in [0.15, 0.2) is 71.2 Å². The van der Waals surface area contributed by atoms with Gasteiger partial charge >= 0.3 is 6.09 Å². The third-order valence-corrected chi connectivity index (χ3v) is 5.73. The Hall–Kier alpha value is -2.07. The maximum Gasteiger partial charge on any atom is 0.411 e. The first kappa shape index (κ1) is 19.7. The summed E-state index contributed by atoms with van der Waals surface area (Å²) in [4.78, 5) is 15.0. The van der Waals surface area contributed by atoms with Crippen molar-refractivity contribution in [2.24, 2.45) is 0 Å². The van der Waals surface area contributed by atoms with E-state index >= 15 is 0 Å². The Morgan fingerprint density at radius 3 is 2.52 bits per heavy atom. The zero-order chi connectivity index (χ0) is 19.4. The normalized spacial score (nSPS) is 21.3. The van der Waals surface area contributed by atoms with E-state index in [0.29, 0.717) is 13.0 Å². The minimum atomic E-state index is -0.641. The molecule has 0 aliphatic carbocycles. The first-order valence-corrected chi connectivity index (χ1v) is 10.2. The minimum Gasteiger partial charge on any atom is -0.438 e. The Morgan fingerprint density at radius 2 is 1.89 bits per heavy atom. The van der Waals surface area contributed by atoms with Crippen LogP contribution in [-0.2, 0) is 10.3 Å². The molecule has 2 aromatic carbocycles. The molecule has 0 N–H and O–H groups in total. The molecule has 0 bridgehead atoms. The molecular weight excluding hydrogens is 402 g/mol. The largest absolute Gasteiger partial charge is 0.438 e. The third kappa shape index (κ3) is 4.44. The zero-order valence-electron chi connectivity index (χ0n) is 16.0. The number of ether oxygens (including phenoxy) is 1. The number of nitrogens with zero attached hydrogens (tertiary/aromatic N) is 1. The van der Waals surface area contributed by atoms with Gasteiger partial charge in [0.1, 0.15) is 5.60 Å². The molecule has 27 heavy (non-hydrogen) atoms. The Morgan fingerprint density at radius 1 is 1.22 bits per heavy atom. The molecule has 1 aliphatic rings. The van der Waals surface area contributed by atoms with Crippen LogP contribution in [0.25, 0.3) is 0 Å². The summed E-state index contributed by atoms with van der Waals surface area (Å²) in [6.07, 6.45) is 2.06. The molecule has 1 fully saturated rings. The van der Waals surface area contributed by atoms with Crippen molar-refractivity contribution < 1.29 is 9.53 Å². The minimum absolute atomic E-state index is 0.0398. The van der Waals surface area contributed by atoms with Gasteiger partial charge in [-0.3, -0.25) is 0 Å². The number of benzene rings is 2. The lowest BCUT2D eigenvalue weighted by atomic mass is 9.84. The monoisotopic (exact) mass is 427 g/mol. The van der Waals surface area contributed by atoms with Crippen molar-refractivity contribution in [1.82, 2.24) is 4.90 Å². The van der Waals surface area contributed by atoms with Crippen molar-refractivity contribution in [2.45, 2.75) is 44.8 Å². The first-order chi connectivity index (χ1) is 12.9. The molecule has 2 atom stereocenters.